The lowest BCUT2D eigenvalue weighted by atomic mass is 10.0. The average Bonchev–Trinajstić information content (AvgIpc) is 3.19. The van der Waals surface area contributed by atoms with E-state index in [1.54, 1.807) is 20.8 Å². The zero-order valence-corrected chi connectivity index (χ0v) is 17.8. The standard InChI is InChI=1S/C20H27N3O8/c1-13(21-14(24)9-11-22-15(25)4-5-16(22)26)12-30-20(2,3)10-8-19(29)31-23-17(27)6-7-18(23)28/h4-5,13H,6-12H2,1-3H3,(H,21,24). The van der Waals surface area contributed by atoms with Crippen molar-refractivity contribution in [3.63, 3.8) is 0 Å². The van der Waals surface area contributed by atoms with Crippen LogP contribution in [0.2, 0.25) is 0 Å². The highest BCUT2D eigenvalue weighted by Crippen LogP contribution is 2.19. The Morgan fingerprint density at radius 2 is 1.65 bits per heavy atom. The molecule has 1 saturated heterocycles. The second-order valence-corrected chi connectivity index (χ2v) is 8.00. The van der Waals surface area contributed by atoms with Gasteiger partial charge in [-0.25, -0.2) is 4.79 Å². The molecule has 0 aliphatic carbocycles. The molecule has 0 aromatic carbocycles. The third kappa shape index (κ3) is 7.28. The number of carbonyl (C=O) groups is 6. The van der Waals surface area contributed by atoms with Gasteiger partial charge in [0.05, 0.1) is 18.6 Å². The Kier molecular flexibility index (Phi) is 8.03. The maximum Gasteiger partial charge on any atom is 0.333 e. The van der Waals surface area contributed by atoms with E-state index in [0.717, 1.165) is 17.1 Å². The van der Waals surface area contributed by atoms with Crippen LogP contribution in [0.5, 0.6) is 0 Å². The number of hydrogen-bond donors (Lipinski definition) is 1. The van der Waals surface area contributed by atoms with Crippen LogP contribution in [0.3, 0.4) is 0 Å². The fourth-order valence-electron chi connectivity index (χ4n) is 2.88. The van der Waals surface area contributed by atoms with Crippen LogP contribution in [0, 0.1) is 0 Å². The van der Waals surface area contributed by atoms with Gasteiger partial charge in [0.15, 0.2) is 0 Å². The number of hydroxylamine groups is 2. The van der Waals surface area contributed by atoms with Crippen LogP contribution in [0.1, 0.15) is 52.9 Å². The van der Waals surface area contributed by atoms with Gasteiger partial charge in [0, 0.05) is 44.0 Å². The minimum absolute atomic E-state index is 0.000292. The van der Waals surface area contributed by atoms with Crippen molar-refractivity contribution < 1.29 is 38.3 Å². The van der Waals surface area contributed by atoms with Crippen molar-refractivity contribution in [2.75, 3.05) is 13.2 Å². The summed E-state index contributed by atoms with van der Waals surface area (Å²) < 4.78 is 5.77. The van der Waals surface area contributed by atoms with Crippen molar-refractivity contribution in [1.82, 2.24) is 15.3 Å². The number of imide groups is 2. The zero-order valence-electron chi connectivity index (χ0n) is 17.8. The van der Waals surface area contributed by atoms with Gasteiger partial charge in [0.25, 0.3) is 23.6 Å². The van der Waals surface area contributed by atoms with Crippen LogP contribution < -0.4 is 5.32 Å². The Morgan fingerprint density at radius 3 is 2.23 bits per heavy atom. The van der Waals surface area contributed by atoms with Gasteiger partial charge in [0.2, 0.25) is 5.91 Å². The molecule has 2 aliphatic heterocycles. The lowest BCUT2D eigenvalue weighted by Crippen LogP contribution is -2.41. The Bertz CT molecular complexity index is 770. The molecule has 0 spiro atoms. The van der Waals surface area contributed by atoms with Crippen LogP contribution >= 0.6 is 0 Å². The van der Waals surface area contributed by atoms with Crippen LogP contribution in [0.4, 0.5) is 0 Å². The number of nitrogens with one attached hydrogen (secondary N) is 1. The number of carbonyl (C=O) groups excluding carboxylic acids is 6. The molecule has 1 N–H and O–H groups in total. The number of nitrogens with zero attached hydrogens (tertiary/aromatic N) is 2. The molecule has 2 rings (SSSR count). The first-order valence-electron chi connectivity index (χ1n) is 10.0. The van der Waals surface area contributed by atoms with E-state index in [1.807, 2.05) is 0 Å². The molecule has 0 bridgehead atoms. The van der Waals surface area contributed by atoms with E-state index < -0.39 is 35.2 Å². The molecule has 0 aromatic rings. The molecule has 1 atom stereocenters. The summed E-state index contributed by atoms with van der Waals surface area (Å²) >= 11 is 0. The molecule has 11 nitrogen and oxygen atoms in total. The Labute approximate surface area is 179 Å². The molecule has 2 aliphatic rings. The van der Waals surface area contributed by atoms with Gasteiger partial charge >= 0.3 is 5.97 Å². The molecule has 11 heteroatoms. The average molecular weight is 437 g/mol. The van der Waals surface area contributed by atoms with Crippen LogP contribution in [0.25, 0.3) is 0 Å². The third-order valence-corrected chi connectivity index (χ3v) is 4.72. The van der Waals surface area contributed by atoms with E-state index >= 15 is 0 Å². The normalized spacial score (nSPS) is 17.5. The highest BCUT2D eigenvalue weighted by molar-refractivity contribution is 6.13. The first kappa shape index (κ1) is 24.2. The van der Waals surface area contributed by atoms with Gasteiger partial charge in [-0.05, 0) is 27.2 Å². The fraction of sp³-hybridized carbons (Fsp3) is 0.600. The van der Waals surface area contributed by atoms with Crippen LogP contribution in [-0.2, 0) is 38.3 Å². The molecule has 0 aromatic heterocycles. The van der Waals surface area contributed by atoms with E-state index in [1.165, 1.54) is 0 Å². The lowest BCUT2D eigenvalue weighted by Gasteiger charge is -2.27. The molecule has 5 amide bonds. The topological polar surface area (TPSA) is 139 Å². The van der Waals surface area contributed by atoms with Crippen molar-refractivity contribution in [3.8, 4) is 0 Å². The number of ether oxygens (including phenoxy) is 1. The van der Waals surface area contributed by atoms with Gasteiger partial charge < -0.3 is 14.9 Å². The number of hydrogen-bond acceptors (Lipinski definition) is 8. The third-order valence-electron chi connectivity index (χ3n) is 4.72. The van der Waals surface area contributed by atoms with Crippen LogP contribution in [0.15, 0.2) is 12.2 Å². The minimum atomic E-state index is -0.725. The van der Waals surface area contributed by atoms with E-state index in [-0.39, 0.29) is 57.2 Å². The zero-order chi connectivity index (χ0) is 23.2. The van der Waals surface area contributed by atoms with E-state index in [0.29, 0.717) is 5.06 Å². The molecule has 170 valence electrons. The lowest BCUT2D eigenvalue weighted by molar-refractivity contribution is -0.198. The largest absolute Gasteiger partial charge is 0.373 e. The summed E-state index contributed by atoms with van der Waals surface area (Å²) in [6, 6.07) is -0.346. The quantitative estimate of drug-likeness (QED) is 0.445. The summed E-state index contributed by atoms with van der Waals surface area (Å²) in [4.78, 5) is 75.6. The Hall–Kier alpha value is -3.08. The van der Waals surface area contributed by atoms with Crippen molar-refractivity contribution in [2.45, 2.75) is 64.5 Å². The second-order valence-electron chi connectivity index (χ2n) is 8.00. The van der Waals surface area contributed by atoms with Crippen LogP contribution in [-0.4, -0.2) is 70.3 Å². The fourth-order valence-corrected chi connectivity index (χ4v) is 2.88. The van der Waals surface area contributed by atoms with E-state index in [2.05, 4.69) is 5.32 Å². The summed E-state index contributed by atoms with van der Waals surface area (Å²) in [6.07, 6.45) is 2.58. The first-order valence-corrected chi connectivity index (χ1v) is 10.0. The first-order chi connectivity index (χ1) is 14.5. The van der Waals surface area contributed by atoms with Crippen molar-refractivity contribution in [2.24, 2.45) is 0 Å². The molecular formula is C20H27N3O8. The van der Waals surface area contributed by atoms with Crippen molar-refractivity contribution in [1.29, 1.82) is 0 Å². The minimum Gasteiger partial charge on any atom is -0.373 e. The summed E-state index contributed by atoms with van der Waals surface area (Å²) in [5, 5.41) is 3.23. The van der Waals surface area contributed by atoms with Gasteiger partial charge in [-0.2, -0.15) is 0 Å². The molecule has 31 heavy (non-hydrogen) atoms. The Balaban J connectivity index is 1.65. The Morgan fingerprint density at radius 1 is 1.06 bits per heavy atom. The molecule has 0 saturated carbocycles. The number of amides is 5. The predicted molar refractivity (Wildman–Crippen MR) is 105 cm³/mol. The van der Waals surface area contributed by atoms with E-state index in [4.69, 9.17) is 9.57 Å². The maximum atomic E-state index is 12.0. The van der Waals surface area contributed by atoms with Crippen molar-refractivity contribution in [3.05, 3.63) is 12.2 Å². The predicted octanol–water partition coefficient (Wildman–Crippen LogP) is -0.0112. The van der Waals surface area contributed by atoms with Gasteiger partial charge in [0.1, 0.15) is 0 Å². The van der Waals surface area contributed by atoms with Gasteiger partial charge in [-0.3, -0.25) is 28.9 Å². The highest BCUT2D eigenvalue weighted by Gasteiger charge is 2.33. The van der Waals surface area contributed by atoms with E-state index in [9.17, 15) is 28.8 Å². The maximum absolute atomic E-state index is 12.0. The van der Waals surface area contributed by atoms with Gasteiger partial charge in [-0.15, -0.1) is 5.06 Å². The smallest absolute Gasteiger partial charge is 0.333 e. The summed E-state index contributed by atoms with van der Waals surface area (Å²) in [7, 11) is 0. The summed E-state index contributed by atoms with van der Waals surface area (Å²) in [5.74, 6) is -2.98. The molecular weight excluding hydrogens is 410 g/mol. The summed E-state index contributed by atoms with van der Waals surface area (Å²) in [5.41, 5.74) is -0.725. The molecule has 1 unspecified atom stereocenters. The molecule has 1 fully saturated rings. The molecule has 2 heterocycles. The summed E-state index contributed by atoms with van der Waals surface area (Å²) in [6.45, 7) is 5.43. The highest BCUT2D eigenvalue weighted by atomic mass is 16.7. The SMILES string of the molecule is CC(COC(C)(C)CCC(=O)ON1C(=O)CCC1=O)NC(=O)CCN1C(=O)C=CC1=O. The van der Waals surface area contributed by atoms with Gasteiger partial charge in [-0.1, -0.05) is 0 Å². The monoisotopic (exact) mass is 437 g/mol. The van der Waals surface area contributed by atoms with Crippen molar-refractivity contribution >= 4 is 35.5 Å². The number of rotatable bonds is 11. The molecule has 0 radical (unpaired) electrons. The second kappa shape index (κ2) is 10.3.